The first-order chi connectivity index (χ1) is 8.51. The molecule has 2 rings (SSSR count). The highest BCUT2D eigenvalue weighted by molar-refractivity contribution is 5.75. The van der Waals surface area contributed by atoms with E-state index < -0.39 is 5.54 Å². The van der Waals surface area contributed by atoms with E-state index in [-0.39, 0.29) is 6.03 Å². The second-order valence-electron chi connectivity index (χ2n) is 5.23. The van der Waals surface area contributed by atoms with Crippen molar-refractivity contribution in [2.75, 3.05) is 7.11 Å². The number of nitrogens with one attached hydrogen (secondary N) is 2. The molecule has 0 radical (unpaired) electrons. The Morgan fingerprint density at radius 2 is 1.89 bits per heavy atom. The third-order valence-corrected chi connectivity index (χ3v) is 3.15. The van der Waals surface area contributed by atoms with Gasteiger partial charge in [0.2, 0.25) is 0 Å². The molecule has 1 aromatic carbocycles. The molecule has 0 heterocycles. The van der Waals surface area contributed by atoms with Gasteiger partial charge in [0.1, 0.15) is 5.75 Å². The maximum atomic E-state index is 11.8. The Morgan fingerprint density at radius 3 is 2.39 bits per heavy atom. The SMILES string of the molecule is COc1ccc(C(C)(C)NC(=O)NC2CC2)cc1. The second-order valence-corrected chi connectivity index (χ2v) is 5.23. The van der Waals surface area contributed by atoms with E-state index in [1.54, 1.807) is 7.11 Å². The average molecular weight is 248 g/mol. The van der Waals surface area contributed by atoms with Crippen LogP contribution in [-0.2, 0) is 5.54 Å². The van der Waals surface area contributed by atoms with Gasteiger partial charge in [0, 0.05) is 6.04 Å². The van der Waals surface area contributed by atoms with Crippen molar-refractivity contribution in [2.45, 2.75) is 38.3 Å². The standard InChI is InChI=1S/C14H20N2O2/c1-14(2,16-13(17)15-11-6-7-11)10-4-8-12(18-3)9-5-10/h4-5,8-9,11H,6-7H2,1-3H3,(H2,15,16,17). The molecule has 1 saturated carbocycles. The molecule has 1 aliphatic carbocycles. The third kappa shape index (κ3) is 3.15. The quantitative estimate of drug-likeness (QED) is 0.859. The highest BCUT2D eigenvalue weighted by Crippen LogP contribution is 2.23. The van der Waals surface area contributed by atoms with E-state index in [1.807, 2.05) is 38.1 Å². The van der Waals surface area contributed by atoms with Crippen molar-refractivity contribution in [3.05, 3.63) is 29.8 Å². The Balaban J connectivity index is 2.00. The molecule has 2 N–H and O–H groups in total. The van der Waals surface area contributed by atoms with Crippen molar-refractivity contribution in [1.82, 2.24) is 10.6 Å². The Kier molecular flexibility index (Phi) is 3.45. The summed E-state index contributed by atoms with van der Waals surface area (Å²) >= 11 is 0. The zero-order chi connectivity index (χ0) is 13.2. The van der Waals surface area contributed by atoms with E-state index in [0.29, 0.717) is 6.04 Å². The van der Waals surface area contributed by atoms with Crippen LogP contribution in [0.25, 0.3) is 0 Å². The summed E-state index contributed by atoms with van der Waals surface area (Å²) in [4.78, 5) is 11.8. The summed E-state index contributed by atoms with van der Waals surface area (Å²) < 4.78 is 5.12. The third-order valence-electron chi connectivity index (χ3n) is 3.15. The molecule has 4 heteroatoms. The number of methoxy groups -OCH3 is 1. The van der Waals surface area contributed by atoms with Gasteiger partial charge in [-0.05, 0) is 44.4 Å². The number of hydrogen-bond donors (Lipinski definition) is 2. The van der Waals surface area contributed by atoms with Crippen LogP contribution in [0.15, 0.2) is 24.3 Å². The van der Waals surface area contributed by atoms with E-state index in [9.17, 15) is 4.79 Å². The first-order valence-corrected chi connectivity index (χ1v) is 6.24. The number of hydrogen-bond acceptors (Lipinski definition) is 2. The van der Waals surface area contributed by atoms with Crippen LogP contribution < -0.4 is 15.4 Å². The second kappa shape index (κ2) is 4.88. The molecule has 0 atom stereocenters. The van der Waals surface area contributed by atoms with E-state index in [4.69, 9.17) is 4.74 Å². The van der Waals surface area contributed by atoms with Gasteiger partial charge in [0.15, 0.2) is 0 Å². The molecule has 2 amide bonds. The van der Waals surface area contributed by atoms with Crippen LogP contribution in [0.2, 0.25) is 0 Å². The zero-order valence-electron chi connectivity index (χ0n) is 11.1. The summed E-state index contributed by atoms with van der Waals surface area (Å²) in [6.45, 7) is 3.97. The summed E-state index contributed by atoms with van der Waals surface area (Å²) in [6, 6.07) is 8.01. The van der Waals surface area contributed by atoms with Crippen molar-refractivity contribution >= 4 is 6.03 Å². The monoisotopic (exact) mass is 248 g/mol. The number of benzene rings is 1. The molecule has 0 aliphatic heterocycles. The first kappa shape index (κ1) is 12.7. The van der Waals surface area contributed by atoms with Crippen LogP contribution in [0.1, 0.15) is 32.3 Å². The molecule has 1 aliphatic rings. The van der Waals surface area contributed by atoms with Crippen LogP contribution in [0.4, 0.5) is 4.79 Å². The number of urea groups is 1. The normalized spacial score (nSPS) is 15.1. The fourth-order valence-corrected chi connectivity index (χ4v) is 1.81. The van der Waals surface area contributed by atoms with Crippen LogP contribution in [-0.4, -0.2) is 19.2 Å². The van der Waals surface area contributed by atoms with Crippen molar-refractivity contribution in [3.63, 3.8) is 0 Å². The molecular formula is C14H20N2O2. The minimum Gasteiger partial charge on any atom is -0.497 e. The lowest BCUT2D eigenvalue weighted by Gasteiger charge is -2.27. The predicted molar refractivity (Wildman–Crippen MR) is 70.7 cm³/mol. The first-order valence-electron chi connectivity index (χ1n) is 6.24. The van der Waals surface area contributed by atoms with Gasteiger partial charge in [0.05, 0.1) is 12.6 Å². The van der Waals surface area contributed by atoms with E-state index in [0.717, 1.165) is 24.2 Å². The van der Waals surface area contributed by atoms with Crippen molar-refractivity contribution in [1.29, 1.82) is 0 Å². The number of carbonyl (C=O) groups is 1. The number of carbonyl (C=O) groups excluding carboxylic acids is 1. The molecule has 0 spiro atoms. The fourth-order valence-electron chi connectivity index (χ4n) is 1.81. The Bertz CT molecular complexity index is 422. The maximum Gasteiger partial charge on any atom is 0.315 e. The lowest BCUT2D eigenvalue weighted by Crippen LogP contribution is -2.47. The Morgan fingerprint density at radius 1 is 1.28 bits per heavy atom. The van der Waals surface area contributed by atoms with Crippen LogP contribution in [0.5, 0.6) is 5.75 Å². The van der Waals surface area contributed by atoms with Crippen molar-refractivity contribution in [3.8, 4) is 5.75 Å². The molecule has 98 valence electrons. The van der Waals surface area contributed by atoms with Gasteiger partial charge < -0.3 is 15.4 Å². The molecular weight excluding hydrogens is 228 g/mol. The van der Waals surface area contributed by atoms with Gasteiger partial charge in [-0.15, -0.1) is 0 Å². The maximum absolute atomic E-state index is 11.8. The summed E-state index contributed by atoms with van der Waals surface area (Å²) in [5.41, 5.74) is 0.653. The van der Waals surface area contributed by atoms with Crippen LogP contribution in [0.3, 0.4) is 0 Å². The molecule has 0 unspecified atom stereocenters. The zero-order valence-corrected chi connectivity index (χ0v) is 11.1. The minimum atomic E-state index is -0.398. The lowest BCUT2D eigenvalue weighted by molar-refractivity contribution is 0.229. The molecule has 1 aromatic rings. The highest BCUT2D eigenvalue weighted by Gasteiger charge is 2.27. The van der Waals surface area contributed by atoms with E-state index in [1.165, 1.54) is 0 Å². The molecule has 0 saturated heterocycles. The highest BCUT2D eigenvalue weighted by atomic mass is 16.5. The number of amides is 2. The molecule has 18 heavy (non-hydrogen) atoms. The summed E-state index contributed by atoms with van der Waals surface area (Å²) in [7, 11) is 1.64. The lowest BCUT2D eigenvalue weighted by atomic mass is 9.94. The van der Waals surface area contributed by atoms with Gasteiger partial charge in [-0.2, -0.15) is 0 Å². The smallest absolute Gasteiger partial charge is 0.315 e. The fraction of sp³-hybridized carbons (Fsp3) is 0.500. The summed E-state index contributed by atoms with van der Waals surface area (Å²) in [5, 5.41) is 5.92. The van der Waals surface area contributed by atoms with Crippen molar-refractivity contribution in [2.24, 2.45) is 0 Å². The Labute approximate surface area is 108 Å². The summed E-state index contributed by atoms with van der Waals surface area (Å²) in [5.74, 6) is 0.817. The van der Waals surface area contributed by atoms with Gasteiger partial charge in [-0.1, -0.05) is 12.1 Å². The topological polar surface area (TPSA) is 50.4 Å². The summed E-state index contributed by atoms with van der Waals surface area (Å²) in [6.07, 6.45) is 2.19. The molecule has 0 aromatic heterocycles. The van der Waals surface area contributed by atoms with Crippen LogP contribution in [0, 0.1) is 0 Å². The largest absolute Gasteiger partial charge is 0.497 e. The molecule has 1 fully saturated rings. The van der Waals surface area contributed by atoms with Crippen molar-refractivity contribution < 1.29 is 9.53 Å². The number of ether oxygens (including phenoxy) is 1. The Hall–Kier alpha value is -1.71. The van der Waals surface area contributed by atoms with Gasteiger partial charge in [-0.3, -0.25) is 0 Å². The average Bonchev–Trinajstić information content (AvgIpc) is 3.12. The van der Waals surface area contributed by atoms with Gasteiger partial charge >= 0.3 is 6.03 Å². The van der Waals surface area contributed by atoms with E-state index in [2.05, 4.69) is 10.6 Å². The van der Waals surface area contributed by atoms with Crippen LogP contribution >= 0.6 is 0 Å². The van der Waals surface area contributed by atoms with E-state index >= 15 is 0 Å². The minimum absolute atomic E-state index is 0.0988. The van der Waals surface area contributed by atoms with Gasteiger partial charge in [-0.25, -0.2) is 4.79 Å². The number of rotatable bonds is 4. The predicted octanol–water partition coefficient (Wildman–Crippen LogP) is 2.39. The molecule has 0 bridgehead atoms. The molecule has 4 nitrogen and oxygen atoms in total. The van der Waals surface area contributed by atoms with Gasteiger partial charge in [0.25, 0.3) is 0 Å².